The van der Waals surface area contributed by atoms with E-state index in [1.807, 2.05) is 24.4 Å². The highest BCUT2D eigenvalue weighted by Crippen LogP contribution is 2.43. The van der Waals surface area contributed by atoms with Crippen molar-refractivity contribution in [3.63, 3.8) is 0 Å². The smallest absolute Gasteiger partial charge is 0.147 e. The Balaban J connectivity index is 1.71. The van der Waals surface area contributed by atoms with Gasteiger partial charge in [-0.05, 0) is 41.7 Å². The number of hydrogen-bond donors (Lipinski definition) is 0. The zero-order valence-electron chi connectivity index (χ0n) is 21.8. The molecule has 38 heavy (non-hydrogen) atoms. The van der Waals surface area contributed by atoms with Gasteiger partial charge in [-0.25, -0.2) is 9.67 Å². The molecule has 0 aliphatic carbocycles. The van der Waals surface area contributed by atoms with Crippen LogP contribution in [0.1, 0.15) is 27.8 Å². The van der Waals surface area contributed by atoms with Gasteiger partial charge in [0, 0.05) is 11.6 Å². The van der Waals surface area contributed by atoms with E-state index in [4.69, 9.17) is 14.8 Å². The van der Waals surface area contributed by atoms with Gasteiger partial charge in [-0.1, -0.05) is 109 Å². The summed E-state index contributed by atoms with van der Waals surface area (Å²) in [7, 11) is 1.71. The Labute approximate surface area is 223 Å². The van der Waals surface area contributed by atoms with Crippen LogP contribution in [-0.4, -0.2) is 21.9 Å². The molecule has 0 saturated heterocycles. The van der Waals surface area contributed by atoms with Crippen LogP contribution >= 0.6 is 0 Å². The highest BCUT2D eigenvalue weighted by Gasteiger charge is 2.40. The van der Waals surface area contributed by atoms with Gasteiger partial charge in [-0.15, -0.1) is 0 Å². The Bertz CT molecular complexity index is 1610. The molecule has 0 atom stereocenters. The van der Waals surface area contributed by atoms with Crippen LogP contribution in [0.4, 0.5) is 0 Å². The molecule has 0 aliphatic heterocycles. The summed E-state index contributed by atoms with van der Waals surface area (Å²) in [6, 6.07) is 40.0. The Morgan fingerprint density at radius 3 is 1.76 bits per heavy atom. The lowest BCUT2D eigenvalue weighted by atomic mass is 9.77. The first kappa shape index (κ1) is 23.7. The van der Waals surface area contributed by atoms with Crippen molar-refractivity contribution >= 4 is 11.0 Å². The summed E-state index contributed by atoms with van der Waals surface area (Å²) < 4.78 is 8.06. The quantitative estimate of drug-likeness (QED) is 0.224. The van der Waals surface area contributed by atoms with E-state index in [-0.39, 0.29) is 0 Å². The third-order valence-electron chi connectivity index (χ3n) is 7.49. The van der Waals surface area contributed by atoms with Crippen LogP contribution in [0.2, 0.25) is 0 Å². The number of nitrogens with zero attached hydrogens (tertiary/aromatic N) is 3. The predicted molar refractivity (Wildman–Crippen MR) is 154 cm³/mol. The molecule has 6 aromatic rings. The van der Waals surface area contributed by atoms with Gasteiger partial charge in [-0.3, -0.25) is 0 Å². The fourth-order valence-electron chi connectivity index (χ4n) is 5.47. The molecule has 186 valence electrons. The lowest BCUT2D eigenvalue weighted by molar-refractivity contribution is 0.414. The highest BCUT2D eigenvalue weighted by atomic mass is 16.5. The van der Waals surface area contributed by atoms with Crippen molar-refractivity contribution in [2.75, 3.05) is 7.11 Å². The lowest BCUT2D eigenvalue weighted by Crippen LogP contribution is -2.38. The number of pyridine rings is 1. The Morgan fingerprint density at radius 2 is 1.24 bits per heavy atom. The fourth-order valence-corrected chi connectivity index (χ4v) is 5.47. The van der Waals surface area contributed by atoms with Crippen molar-refractivity contribution in [1.29, 1.82) is 0 Å². The van der Waals surface area contributed by atoms with Crippen molar-refractivity contribution in [1.82, 2.24) is 14.8 Å². The molecule has 4 aromatic carbocycles. The third-order valence-corrected chi connectivity index (χ3v) is 7.49. The maximum Gasteiger partial charge on any atom is 0.147 e. The van der Waals surface area contributed by atoms with Crippen molar-refractivity contribution in [3.8, 4) is 17.0 Å². The number of methoxy groups -OCH3 is 1. The molecule has 0 bridgehead atoms. The minimum atomic E-state index is -0.723. The molecular formula is C34H29N3O. The Morgan fingerprint density at radius 1 is 0.684 bits per heavy atom. The van der Waals surface area contributed by atoms with Crippen LogP contribution < -0.4 is 4.74 Å². The normalized spacial score (nSPS) is 11.6. The van der Waals surface area contributed by atoms with Crippen LogP contribution in [0, 0.1) is 13.8 Å². The number of fused-ring (bicyclic) bond motifs is 1. The first-order chi connectivity index (χ1) is 18.6. The molecule has 0 saturated carbocycles. The first-order valence-electron chi connectivity index (χ1n) is 12.8. The number of aromatic nitrogens is 3. The van der Waals surface area contributed by atoms with E-state index in [2.05, 4.69) is 116 Å². The van der Waals surface area contributed by atoms with E-state index in [1.54, 1.807) is 7.11 Å². The topological polar surface area (TPSA) is 39.9 Å². The summed E-state index contributed by atoms with van der Waals surface area (Å²) in [4.78, 5) is 5.13. The Hall–Kier alpha value is -4.70. The molecule has 0 unspecified atom stereocenters. The second kappa shape index (κ2) is 9.64. The highest BCUT2D eigenvalue weighted by molar-refractivity contribution is 5.84. The maximum absolute atomic E-state index is 5.95. The minimum absolute atomic E-state index is 0.719. The molecule has 6 rings (SSSR count). The molecule has 0 N–H and O–H groups in total. The number of rotatable bonds is 6. The summed E-state index contributed by atoms with van der Waals surface area (Å²) in [5, 5.41) is 5.05. The maximum atomic E-state index is 5.95. The average Bonchev–Trinajstić information content (AvgIpc) is 3.39. The van der Waals surface area contributed by atoms with Crippen molar-refractivity contribution in [2.24, 2.45) is 0 Å². The van der Waals surface area contributed by atoms with Crippen molar-refractivity contribution in [2.45, 2.75) is 19.4 Å². The Kier molecular flexibility index (Phi) is 6.01. The van der Waals surface area contributed by atoms with Gasteiger partial charge in [0.2, 0.25) is 0 Å². The number of benzene rings is 4. The number of aryl methyl sites for hydroxylation is 1. The van der Waals surface area contributed by atoms with E-state index in [0.29, 0.717) is 0 Å². The fraction of sp³-hybridized carbons (Fsp3) is 0.118. The van der Waals surface area contributed by atoms with E-state index in [9.17, 15) is 0 Å². The minimum Gasteiger partial charge on any atom is -0.494 e. The van der Waals surface area contributed by atoms with Crippen LogP contribution in [0.15, 0.2) is 121 Å². The van der Waals surface area contributed by atoms with E-state index >= 15 is 0 Å². The van der Waals surface area contributed by atoms with E-state index in [1.165, 1.54) is 11.1 Å². The molecule has 0 radical (unpaired) electrons. The van der Waals surface area contributed by atoms with Gasteiger partial charge >= 0.3 is 0 Å². The molecule has 4 nitrogen and oxygen atoms in total. The van der Waals surface area contributed by atoms with Crippen LogP contribution in [0.25, 0.3) is 22.3 Å². The molecule has 0 fully saturated rings. The average molecular weight is 496 g/mol. The van der Waals surface area contributed by atoms with Crippen molar-refractivity contribution in [3.05, 3.63) is 149 Å². The largest absolute Gasteiger partial charge is 0.494 e. The number of hydrogen-bond acceptors (Lipinski definition) is 3. The summed E-state index contributed by atoms with van der Waals surface area (Å²) in [6.45, 7) is 4.25. The molecule has 4 heteroatoms. The first-order valence-corrected chi connectivity index (χ1v) is 12.8. The zero-order valence-corrected chi connectivity index (χ0v) is 21.8. The van der Waals surface area contributed by atoms with Crippen LogP contribution in [0.3, 0.4) is 0 Å². The van der Waals surface area contributed by atoms with Gasteiger partial charge in [0.1, 0.15) is 22.5 Å². The summed E-state index contributed by atoms with van der Waals surface area (Å²) >= 11 is 0. The molecule has 0 spiro atoms. The van der Waals surface area contributed by atoms with E-state index in [0.717, 1.165) is 44.7 Å². The van der Waals surface area contributed by atoms with Gasteiger partial charge in [0.25, 0.3) is 0 Å². The zero-order chi connectivity index (χ0) is 26.1. The molecule has 2 heterocycles. The van der Waals surface area contributed by atoms with Crippen molar-refractivity contribution < 1.29 is 4.74 Å². The summed E-state index contributed by atoms with van der Waals surface area (Å²) in [6.07, 6.45) is 1.87. The number of ether oxygens (including phenoxy) is 1. The standard InChI is InChI=1S/C34H29N3O/c1-24-14-13-21-29(25(24)2)33-32(38-3)22-31-30(36-33)23-35-37(31)34(26-15-7-4-8-16-26,27-17-9-5-10-18-27)28-19-11-6-12-20-28/h4-23H,1-3H3. The molecule has 2 aromatic heterocycles. The molecule has 0 aliphatic rings. The SMILES string of the molecule is COc1cc2c(cnn2C(c2ccccc2)(c2ccccc2)c2ccccc2)nc1-c1cccc(C)c1C. The second-order valence-electron chi connectivity index (χ2n) is 9.56. The molecular weight excluding hydrogens is 466 g/mol. The molecule has 0 amide bonds. The van der Waals surface area contributed by atoms with Gasteiger partial charge < -0.3 is 4.74 Å². The summed E-state index contributed by atoms with van der Waals surface area (Å²) in [5.74, 6) is 0.719. The van der Waals surface area contributed by atoms with Gasteiger partial charge in [-0.2, -0.15) is 5.10 Å². The monoisotopic (exact) mass is 495 g/mol. The second-order valence-corrected chi connectivity index (χ2v) is 9.56. The van der Waals surface area contributed by atoms with Crippen LogP contribution in [0.5, 0.6) is 5.75 Å². The van der Waals surface area contributed by atoms with Gasteiger partial charge in [0.15, 0.2) is 0 Å². The van der Waals surface area contributed by atoms with Crippen LogP contribution in [-0.2, 0) is 5.54 Å². The lowest BCUT2D eigenvalue weighted by Gasteiger charge is -2.37. The van der Waals surface area contributed by atoms with Gasteiger partial charge in [0.05, 0.1) is 18.8 Å². The third kappa shape index (κ3) is 3.69. The predicted octanol–water partition coefficient (Wildman–Crippen LogP) is 7.56. The summed E-state index contributed by atoms with van der Waals surface area (Å²) in [5.41, 5.74) is 8.62. The van der Waals surface area contributed by atoms with E-state index < -0.39 is 5.54 Å².